The van der Waals surface area contributed by atoms with Gasteiger partial charge in [-0.3, -0.25) is 9.59 Å². The van der Waals surface area contributed by atoms with Gasteiger partial charge in [-0.05, 0) is 86.7 Å². The molecule has 1 aromatic rings. The maximum Gasteiger partial charge on any atom is 0.247 e. The second-order valence-corrected chi connectivity index (χ2v) is 12.8. The van der Waals surface area contributed by atoms with Gasteiger partial charge < -0.3 is 25.2 Å². The van der Waals surface area contributed by atoms with Crippen molar-refractivity contribution in [3.05, 3.63) is 41.5 Å². The molecule has 8 rings (SSSR count). The first-order valence-electron chi connectivity index (χ1n) is 14.3. The molecular formula is C30H38N2O5. The van der Waals surface area contributed by atoms with Crippen LogP contribution in [0.4, 0.5) is 0 Å². The van der Waals surface area contributed by atoms with Crippen LogP contribution in [0.3, 0.4) is 0 Å². The van der Waals surface area contributed by atoms with Crippen LogP contribution in [0.25, 0.3) is 0 Å². The van der Waals surface area contributed by atoms with Gasteiger partial charge in [0.1, 0.15) is 18.0 Å². The first-order chi connectivity index (χ1) is 17.9. The van der Waals surface area contributed by atoms with Gasteiger partial charge in [0.2, 0.25) is 11.8 Å². The normalized spacial score (nSPS) is 38.9. The van der Waals surface area contributed by atoms with Gasteiger partial charge in [-0.1, -0.05) is 18.2 Å². The third kappa shape index (κ3) is 4.00. The highest BCUT2D eigenvalue weighted by molar-refractivity contribution is 5.96. The molecule has 37 heavy (non-hydrogen) atoms. The Hall–Kier alpha value is -2.38. The van der Waals surface area contributed by atoms with Crippen molar-refractivity contribution in [1.82, 2.24) is 10.2 Å². The van der Waals surface area contributed by atoms with Crippen LogP contribution >= 0.6 is 0 Å². The molecule has 0 saturated heterocycles. The fraction of sp³-hybridized carbons (Fsp3) is 0.667. The monoisotopic (exact) mass is 506 g/mol. The Morgan fingerprint density at radius 1 is 1.05 bits per heavy atom. The average molecular weight is 507 g/mol. The Morgan fingerprint density at radius 3 is 2.38 bits per heavy atom. The van der Waals surface area contributed by atoms with Crippen LogP contribution < -0.4 is 10.1 Å². The van der Waals surface area contributed by atoms with Crippen LogP contribution in [0, 0.1) is 29.1 Å². The Morgan fingerprint density at radius 2 is 1.73 bits per heavy atom. The molecule has 198 valence electrons. The number of amides is 2. The fourth-order valence-electron chi connectivity index (χ4n) is 8.93. The number of aliphatic hydroxyl groups is 2. The summed E-state index contributed by atoms with van der Waals surface area (Å²) >= 11 is 0. The lowest BCUT2D eigenvalue weighted by Gasteiger charge is -2.58. The largest absolute Gasteiger partial charge is 0.486 e. The van der Waals surface area contributed by atoms with E-state index in [4.69, 9.17) is 4.74 Å². The van der Waals surface area contributed by atoms with Crippen LogP contribution in [0.2, 0.25) is 0 Å². The van der Waals surface area contributed by atoms with Crippen molar-refractivity contribution in [3.8, 4) is 5.75 Å². The molecule has 4 atom stereocenters. The Labute approximate surface area is 218 Å². The molecule has 1 aromatic carbocycles. The highest BCUT2D eigenvalue weighted by atomic mass is 16.5. The molecule has 5 saturated carbocycles. The minimum Gasteiger partial charge on any atom is -0.486 e. The molecule has 4 bridgehead atoms. The van der Waals surface area contributed by atoms with Crippen molar-refractivity contribution >= 4 is 11.8 Å². The van der Waals surface area contributed by atoms with E-state index in [0.717, 1.165) is 36.2 Å². The van der Waals surface area contributed by atoms with Crippen molar-refractivity contribution in [2.24, 2.45) is 29.1 Å². The highest BCUT2D eigenvalue weighted by Gasteiger charge is 2.55. The molecule has 7 nitrogen and oxygen atoms in total. The number of ether oxygens (including phenoxy) is 1. The number of aliphatic hydroxyl groups excluding tert-OH is 2. The summed E-state index contributed by atoms with van der Waals surface area (Å²) in [4.78, 5) is 29.2. The summed E-state index contributed by atoms with van der Waals surface area (Å²) < 4.78 is 6.28. The summed E-state index contributed by atoms with van der Waals surface area (Å²) in [6.07, 6.45) is 9.66. The number of hydrogen-bond acceptors (Lipinski definition) is 5. The Bertz CT molecular complexity index is 1090. The molecular weight excluding hydrogens is 468 g/mol. The van der Waals surface area contributed by atoms with Crippen LogP contribution in [0.5, 0.6) is 5.75 Å². The summed E-state index contributed by atoms with van der Waals surface area (Å²) in [5, 5.41) is 23.9. The van der Waals surface area contributed by atoms with E-state index in [1.165, 1.54) is 38.5 Å². The van der Waals surface area contributed by atoms with Gasteiger partial charge in [0.15, 0.2) is 0 Å². The summed E-state index contributed by atoms with van der Waals surface area (Å²) in [7, 11) is 0. The molecule has 0 aromatic heterocycles. The topological polar surface area (TPSA) is 99.1 Å². The number of nitrogens with zero attached hydrogens (tertiary/aromatic N) is 1. The molecule has 2 amide bonds. The molecule has 0 spiro atoms. The average Bonchev–Trinajstić information content (AvgIpc) is 3.65. The molecule has 7 aliphatic rings. The Balaban J connectivity index is 1.26. The van der Waals surface area contributed by atoms with Gasteiger partial charge in [0.25, 0.3) is 0 Å². The van der Waals surface area contributed by atoms with E-state index >= 15 is 0 Å². The first kappa shape index (κ1) is 23.7. The zero-order valence-electron chi connectivity index (χ0n) is 21.4. The molecule has 1 aliphatic heterocycles. The number of para-hydroxylation sites is 1. The van der Waals surface area contributed by atoms with Crippen LogP contribution in [-0.4, -0.2) is 64.9 Å². The van der Waals surface area contributed by atoms with E-state index in [-0.39, 0.29) is 36.3 Å². The standard InChI is InChI=1S/C30H38N2O5/c33-8-7-31-28(35)22-12-23(26(34)27-25(22)21-3-1-2-4-24(21)37-27)32(29(36)20-5-6-20)16-30-13-17-9-18(14-30)11-19(10-17)15-30/h1-4,12,17-20,23,25-27,33-34H,5-11,13-16H2,(H,31,35). The van der Waals surface area contributed by atoms with Gasteiger partial charge in [0, 0.05) is 30.1 Å². The lowest BCUT2D eigenvalue weighted by atomic mass is 9.49. The number of rotatable bonds is 7. The van der Waals surface area contributed by atoms with Crippen molar-refractivity contribution < 1.29 is 24.5 Å². The van der Waals surface area contributed by atoms with Crippen molar-refractivity contribution in [1.29, 1.82) is 0 Å². The van der Waals surface area contributed by atoms with E-state index < -0.39 is 24.2 Å². The molecule has 0 radical (unpaired) electrons. The maximum atomic E-state index is 13.8. The zero-order chi connectivity index (χ0) is 25.3. The Kier molecular flexibility index (Phi) is 5.67. The van der Waals surface area contributed by atoms with Gasteiger partial charge in [-0.15, -0.1) is 0 Å². The number of nitrogens with one attached hydrogen (secondary N) is 1. The minimum atomic E-state index is -0.927. The lowest BCUT2D eigenvalue weighted by Crippen LogP contribution is -2.60. The van der Waals surface area contributed by atoms with Crippen molar-refractivity contribution in [3.63, 3.8) is 0 Å². The minimum absolute atomic E-state index is 0.0283. The summed E-state index contributed by atoms with van der Waals surface area (Å²) in [5.74, 6) is 2.47. The van der Waals surface area contributed by atoms with Gasteiger partial charge in [-0.25, -0.2) is 0 Å². The first-order valence-corrected chi connectivity index (χ1v) is 14.3. The van der Waals surface area contributed by atoms with Crippen LogP contribution in [-0.2, 0) is 9.59 Å². The van der Waals surface area contributed by atoms with Crippen molar-refractivity contribution in [2.75, 3.05) is 19.7 Å². The van der Waals surface area contributed by atoms with Gasteiger partial charge in [0.05, 0.1) is 18.6 Å². The van der Waals surface area contributed by atoms with Crippen LogP contribution in [0.1, 0.15) is 62.8 Å². The van der Waals surface area contributed by atoms with E-state index in [1.54, 1.807) is 0 Å². The third-order valence-corrected chi connectivity index (χ3v) is 10.1. The number of carbonyl (C=O) groups excluding carboxylic acids is 2. The molecule has 7 heteroatoms. The second kappa shape index (κ2) is 8.84. The second-order valence-electron chi connectivity index (χ2n) is 12.8. The quantitative estimate of drug-likeness (QED) is 0.528. The summed E-state index contributed by atoms with van der Waals surface area (Å²) in [6, 6.07) is 7.03. The summed E-state index contributed by atoms with van der Waals surface area (Å²) in [6.45, 7) is 0.672. The van der Waals surface area contributed by atoms with Crippen LogP contribution in [0.15, 0.2) is 35.9 Å². The smallest absolute Gasteiger partial charge is 0.247 e. The fourth-order valence-corrected chi connectivity index (χ4v) is 8.93. The molecule has 3 N–H and O–H groups in total. The number of hydrogen-bond donors (Lipinski definition) is 3. The lowest BCUT2D eigenvalue weighted by molar-refractivity contribution is -0.146. The summed E-state index contributed by atoms with van der Waals surface area (Å²) in [5.41, 5.74) is 1.54. The highest BCUT2D eigenvalue weighted by Crippen LogP contribution is 2.60. The molecule has 4 unspecified atom stereocenters. The zero-order valence-corrected chi connectivity index (χ0v) is 21.4. The molecule has 6 aliphatic carbocycles. The molecule has 5 fully saturated rings. The van der Waals surface area contributed by atoms with E-state index in [9.17, 15) is 19.8 Å². The predicted octanol–water partition coefficient (Wildman–Crippen LogP) is 2.76. The van der Waals surface area contributed by atoms with E-state index in [0.29, 0.717) is 17.9 Å². The number of fused-ring (bicyclic) bond motifs is 3. The third-order valence-electron chi connectivity index (χ3n) is 10.1. The van der Waals surface area contributed by atoms with Crippen molar-refractivity contribution in [2.45, 2.75) is 75.5 Å². The van der Waals surface area contributed by atoms with E-state index in [2.05, 4.69) is 5.32 Å². The predicted molar refractivity (Wildman–Crippen MR) is 137 cm³/mol. The SMILES string of the molecule is O=C(NCCO)C1=CC(N(CC23CC4CC(CC(C4)C2)C3)C(=O)C2CC2)C(O)C2Oc3ccccc3C12. The van der Waals surface area contributed by atoms with E-state index in [1.807, 2.05) is 35.2 Å². The maximum absolute atomic E-state index is 13.8. The number of carbonyl (C=O) groups is 2. The van der Waals surface area contributed by atoms with Gasteiger partial charge >= 0.3 is 0 Å². The number of benzene rings is 1. The molecule has 1 heterocycles. The van der Waals surface area contributed by atoms with Gasteiger partial charge in [-0.2, -0.15) is 0 Å².